The van der Waals surface area contributed by atoms with Gasteiger partial charge in [-0.1, -0.05) is 52.7 Å². The first kappa shape index (κ1) is 12.8. The van der Waals surface area contributed by atoms with Gasteiger partial charge in [-0.2, -0.15) is 0 Å². The lowest BCUT2D eigenvalue weighted by atomic mass is 10.0. The van der Waals surface area contributed by atoms with E-state index in [2.05, 4.69) is 5.16 Å². The Balaban J connectivity index is 2.17. The van der Waals surface area contributed by atoms with E-state index in [1.807, 2.05) is 55.5 Å². The third-order valence-electron chi connectivity index (χ3n) is 3.13. The van der Waals surface area contributed by atoms with Crippen LogP contribution in [0.15, 0.2) is 53.1 Å². The summed E-state index contributed by atoms with van der Waals surface area (Å²) in [6.07, 6.45) is 0. The number of aryl methyl sites for hydroxylation is 1. The lowest BCUT2D eigenvalue weighted by molar-refractivity contribution is 0.436. The zero-order valence-corrected chi connectivity index (χ0v) is 11.7. The molecule has 0 saturated carbocycles. The first-order chi connectivity index (χ1) is 9.65. The molecule has 1 aromatic heterocycles. The summed E-state index contributed by atoms with van der Waals surface area (Å²) in [4.78, 5) is 0. The Hall–Kier alpha value is -2.26. The summed E-state index contributed by atoms with van der Waals surface area (Å²) in [5.41, 5.74) is 9.79. The van der Waals surface area contributed by atoms with Crippen molar-refractivity contribution in [3.8, 4) is 22.5 Å². The van der Waals surface area contributed by atoms with Gasteiger partial charge in [0.1, 0.15) is 0 Å². The summed E-state index contributed by atoms with van der Waals surface area (Å²) < 4.78 is 5.41. The number of anilines is 1. The minimum atomic E-state index is 0.379. The van der Waals surface area contributed by atoms with E-state index in [0.717, 1.165) is 22.3 Å². The first-order valence-electron chi connectivity index (χ1n) is 6.23. The number of nitrogens with two attached hydrogens (primary N) is 1. The van der Waals surface area contributed by atoms with Crippen molar-refractivity contribution < 1.29 is 4.52 Å². The minimum Gasteiger partial charge on any atom is -0.380 e. The third kappa shape index (κ3) is 2.28. The Morgan fingerprint density at radius 3 is 2.50 bits per heavy atom. The van der Waals surface area contributed by atoms with E-state index in [1.165, 1.54) is 0 Å². The van der Waals surface area contributed by atoms with E-state index in [0.29, 0.717) is 16.6 Å². The van der Waals surface area contributed by atoms with E-state index >= 15 is 0 Å². The predicted octanol–water partition coefficient (Wildman–Crippen LogP) is 4.55. The second-order valence-electron chi connectivity index (χ2n) is 4.65. The van der Waals surface area contributed by atoms with Crippen molar-refractivity contribution in [2.45, 2.75) is 6.92 Å². The Labute approximate surface area is 122 Å². The van der Waals surface area contributed by atoms with Crippen molar-refractivity contribution >= 4 is 17.4 Å². The molecule has 0 aliphatic rings. The van der Waals surface area contributed by atoms with E-state index < -0.39 is 0 Å². The van der Waals surface area contributed by atoms with Gasteiger partial charge >= 0.3 is 0 Å². The maximum Gasteiger partial charge on any atom is 0.176 e. The van der Waals surface area contributed by atoms with Crippen molar-refractivity contribution in [3.05, 3.63) is 59.1 Å². The molecule has 20 heavy (non-hydrogen) atoms. The van der Waals surface area contributed by atoms with Crippen LogP contribution in [0.1, 0.15) is 5.56 Å². The number of nitrogens with zero attached hydrogens (tertiary/aromatic N) is 1. The second kappa shape index (κ2) is 5.02. The lowest BCUT2D eigenvalue weighted by Gasteiger charge is -2.04. The van der Waals surface area contributed by atoms with Gasteiger partial charge in [0.25, 0.3) is 0 Å². The molecule has 0 unspecified atom stereocenters. The number of hydrogen-bond acceptors (Lipinski definition) is 3. The molecule has 0 spiro atoms. The molecule has 0 fully saturated rings. The number of nitrogen functional groups attached to an aromatic ring is 1. The van der Waals surface area contributed by atoms with Crippen molar-refractivity contribution in [1.82, 2.24) is 5.16 Å². The van der Waals surface area contributed by atoms with Gasteiger partial charge in [0.05, 0.1) is 5.56 Å². The van der Waals surface area contributed by atoms with Crippen LogP contribution in [0.4, 0.5) is 5.82 Å². The molecule has 2 N–H and O–H groups in total. The fourth-order valence-electron chi connectivity index (χ4n) is 2.18. The second-order valence-corrected chi connectivity index (χ2v) is 5.08. The van der Waals surface area contributed by atoms with Gasteiger partial charge in [-0.15, -0.1) is 0 Å². The molecule has 0 amide bonds. The smallest absolute Gasteiger partial charge is 0.176 e. The molecular weight excluding hydrogens is 272 g/mol. The van der Waals surface area contributed by atoms with Crippen LogP contribution in [-0.4, -0.2) is 5.16 Å². The quantitative estimate of drug-likeness (QED) is 0.751. The number of rotatable bonds is 2. The SMILES string of the molecule is Cc1cccc(-c2onc(N)c2-c2ccc(Cl)cc2)c1. The number of hydrogen-bond donors (Lipinski definition) is 1. The van der Waals surface area contributed by atoms with Gasteiger partial charge in [0, 0.05) is 10.6 Å². The van der Waals surface area contributed by atoms with Gasteiger partial charge in [0.15, 0.2) is 11.6 Å². The summed E-state index contributed by atoms with van der Waals surface area (Å²) in [7, 11) is 0. The fourth-order valence-corrected chi connectivity index (χ4v) is 2.31. The molecule has 1 heterocycles. The Morgan fingerprint density at radius 1 is 1.05 bits per heavy atom. The molecule has 0 bridgehead atoms. The average Bonchev–Trinajstić information content (AvgIpc) is 2.82. The number of aromatic nitrogens is 1. The highest BCUT2D eigenvalue weighted by Gasteiger charge is 2.17. The van der Waals surface area contributed by atoms with Crippen molar-refractivity contribution in [2.75, 3.05) is 5.73 Å². The van der Waals surface area contributed by atoms with Crippen LogP contribution < -0.4 is 5.73 Å². The van der Waals surface area contributed by atoms with Crippen LogP contribution in [0.25, 0.3) is 22.5 Å². The molecule has 3 nitrogen and oxygen atoms in total. The summed E-state index contributed by atoms with van der Waals surface area (Å²) in [6, 6.07) is 15.5. The summed E-state index contributed by atoms with van der Waals surface area (Å²) >= 11 is 5.92. The molecule has 0 aliphatic carbocycles. The standard InChI is InChI=1S/C16H13ClN2O/c1-10-3-2-4-12(9-10)15-14(16(18)19-20-15)11-5-7-13(17)8-6-11/h2-9H,1H3,(H2,18,19). The van der Waals surface area contributed by atoms with Crippen LogP contribution in [0, 0.1) is 6.92 Å². The van der Waals surface area contributed by atoms with Crippen LogP contribution in [0.3, 0.4) is 0 Å². The molecule has 0 atom stereocenters. The predicted molar refractivity (Wildman–Crippen MR) is 81.5 cm³/mol. The molecule has 100 valence electrons. The molecule has 0 saturated heterocycles. The van der Waals surface area contributed by atoms with Gasteiger partial charge < -0.3 is 10.3 Å². The highest BCUT2D eigenvalue weighted by Crippen LogP contribution is 2.37. The van der Waals surface area contributed by atoms with Crippen LogP contribution in [0.5, 0.6) is 0 Å². The summed E-state index contributed by atoms with van der Waals surface area (Å²) in [5, 5.41) is 4.57. The van der Waals surface area contributed by atoms with Gasteiger partial charge in [-0.25, -0.2) is 0 Å². The largest absolute Gasteiger partial charge is 0.380 e. The third-order valence-corrected chi connectivity index (χ3v) is 3.38. The maximum atomic E-state index is 5.95. The normalized spacial score (nSPS) is 10.7. The molecule has 2 aromatic carbocycles. The Morgan fingerprint density at radius 2 is 1.80 bits per heavy atom. The van der Waals surface area contributed by atoms with Gasteiger partial charge in [0.2, 0.25) is 0 Å². The fraction of sp³-hybridized carbons (Fsp3) is 0.0625. The monoisotopic (exact) mass is 284 g/mol. The summed E-state index contributed by atoms with van der Waals surface area (Å²) in [5.74, 6) is 1.05. The minimum absolute atomic E-state index is 0.379. The van der Waals surface area contributed by atoms with E-state index in [-0.39, 0.29) is 0 Å². The van der Waals surface area contributed by atoms with Crippen LogP contribution in [-0.2, 0) is 0 Å². The Kier molecular flexibility index (Phi) is 3.20. The zero-order valence-electron chi connectivity index (χ0n) is 10.9. The Bertz CT molecular complexity index is 747. The van der Waals surface area contributed by atoms with E-state index in [4.69, 9.17) is 21.9 Å². The molecular formula is C16H13ClN2O. The van der Waals surface area contributed by atoms with Crippen molar-refractivity contribution in [1.29, 1.82) is 0 Å². The molecule has 3 aromatic rings. The van der Waals surface area contributed by atoms with E-state index in [1.54, 1.807) is 0 Å². The number of halogens is 1. The molecule has 3 rings (SSSR count). The molecule has 0 aliphatic heterocycles. The van der Waals surface area contributed by atoms with E-state index in [9.17, 15) is 0 Å². The average molecular weight is 285 g/mol. The number of benzene rings is 2. The maximum absolute atomic E-state index is 5.95. The van der Waals surface area contributed by atoms with Crippen molar-refractivity contribution in [3.63, 3.8) is 0 Å². The van der Waals surface area contributed by atoms with Gasteiger partial charge in [-0.3, -0.25) is 0 Å². The molecule has 0 radical (unpaired) electrons. The first-order valence-corrected chi connectivity index (χ1v) is 6.61. The zero-order chi connectivity index (χ0) is 14.1. The summed E-state index contributed by atoms with van der Waals surface area (Å²) in [6.45, 7) is 2.03. The molecule has 4 heteroatoms. The van der Waals surface area contributed by atoms with Gasteiger partial charge in [-0.05, 0) is 30.7 Å². The lowest BCUT2D eigenvalue weighted by Crippen LogP contribution is -1.89. The highest BCUT2D eigenvalue weighted by molar-refractivity contribution is 6.30. The van der Waals surface area contributed by atoms with Crippen molar-refractivity contribution in [2.24, 2.45) is 0 Å². The highest BCUT2D eigenvalue weighted by atomic mass is 35.5. The topological polar surface area (TPSA) is 52.0 Å². The van der Waals surface area contributed by atoms with Crippen LogP contribution in [0.2, 0.25) is 5.02 Å². The van der Waals surface area contributed by atoms with Crippen LogP contribution >= 0.6 is 11.6 Å².